The van der Waals surface area contributed by atoms with Crippen LogP contribution in [0.4, 0.5) is 14.7 Å². The van der Waals surface area contributed by atoms with E-state index in [2.05, 4.69) is 15.0 Å². The summed E-state index contributed by atoms with van der Waals surface area (Å²) in [7, 11) is 0. The van der Waals surface area contributed by atoms with E-state index in [1.165, 1.54) is 28.8 Å². The molecular formula is C24H20F2N6O3. The first-order valence-electron chi connectivity index (χ1n) is 10.9. The highest BCUT2D eigenvalue weighted by Gasteiger charge is 2.25. The lowest BCUT2D eigenvalue weighted by Crippen LogP contribution is -2.49. The number of nitrogens with zero attached hydrogens (tertiary/aromatic N) is 5. The third-order valence-corrected chi connectivity index (χ3v) is 5.96. The Hall–Kier alpha value is -4.41. The van der Waals surface area contributed by atoms with Gasteiger partial charge in [0.15, 0.2) is 0 Å². The fraction of sp³-hybridized carbons (Fsp3) is 0.208. The molecular weight excluding hydrogens is 458 g/mol. The van der Waals surface area contributed by atoms with E-state index < -0.39 is 28.8 Å². The van der Waals surface area contributed by atoms with E-state index >= 15 is 0 Å². The molecule has 1 N–H and O–H groups in total. The molecule has 1 aliphatic rings. The van der Waals surface area contributed by atoms with Gasteiger partial charge in [0, 0.05) is 38.6 Å². The molecule has 0 radical (unpaired) electrons. The molecule has 1 amide bonds. The standard InChI is InChI=1S/C24H20F2N6O3/c25-16-3-5-20-18(13-16)21(33)29-24(35)32(20)14-15-2-4-19(26)17(12-15)22(34)30-8-10-31(11-9-30)23-27-6-1-7-28-23/h1-7,12-13H,8-11,14H2,(H,29,33,35). The predicted octanol–water partition coefficient (Wildman–Crippen LogP) is 1.77. The molecule has 2 aromatic carbocycles. The summed E-state index contributed by atoms with van der Waals surface area (Å²) in [6, 6.07) is 9.30. The average molecular weight is 478 g/mol. The zero-order chi connectivity index (χ0) is 24.5. The number of H-pyrrole nitrogens is 1. The van der Waals surface area contributed by atoms with Crippen LogP contribution in [0.2, 0.25) is 0 Å². The van der Waals surface area contributed by atoms with Gasteiger partial charge >= 0.3 is 5.69 Å². The molecule has 35 heavy (non-hydrogen) atoms. The molecule has 11 heteroatoms. The number of amides is 1. The molecule has 178 valence electrons. The summed E-state index contributed by atoms with van der Waals surface area (Å²) < 4.78 is 29.5. The Morgan fingerprint density at radius 3 is 2.46 bits per heavy atom. The third kappa shape index (κ3) is 4.39. The lowest BCUT2D eigenvalue weighted by molar-refractivity contribution is 0.0741. The number of halogens is 2. The first-order valence-corrected chi connectivity index (χ1v) is 10.9. The minimum absolute atomic E-state index is 0.0169. The Labute approximate surface area is 197 Å². The number of anilines is 1. The Balaban J connectivity index is 1.39. The van der Waals surface area contributed by atoms with Gasteiger partial charge in [0.1, 0.15) is 11.6 Å². The highest BCUT2D eigenvalue weighted by Crippen LogP contribution is 2.18. The van der Waals surface area contributed by atoms with E-state index in [4.69, 9.17) is 0 Å². The Bertz CT molecular complexity index is 1530. The molecule has 1 fully saturated rings. The van der Waals surface area contributed by atoms with Gasteiger partial charge in [-0.2, -0.15) is 0 Å². The molecule has 0 unspecified atom stereocenters. The van der Waals surface area contributed by atoms with Gasteiger partial charge in [0.05, 0.1) is 23.0 Å². The van der Waals surface area contributed by atoms with Crippen LogP contribution < -0.4 is 16.1 Å². The van der Waals surface area contributed by atoms with Crippen molar-refractivity contribution in [1.82, 2.24) is 24.4 Å². The van der Waals surface area contributed by atoms with Crippen molar-refractivity contribution in [3.05, 3.63) is 98.5 Å². The number of aromatic amines is 1. The van der Waals surface area contributed by atoms with Crippen LogP contribution in [0.3, 0.4) is 0 Å². The highest BCUT2D eigenvalue weighted by atomic mass is 19.1. The fourth-order valence-corrected chi connectivity index (χ4v) is 4.18. The lowest BCUT2D eigenvalue weighted by Gasteiger charge is -2.34. The molecule has 0 saturated carbocycles. The summed E-state index contributed by atoms with van der Waals surface area (Å²) in [5, 5.41) is 0.0169. The van der Waals surface area contributed by atoms with Gasteiger partial charge in [-0.25, -0.2) is 23.5 Å². The second-order valence-corrected chi connectivity index (χ2v) is 8.15. The molecule has 5 rings (SSSR count). The predicted molar refractivity (Wildman–Crippen MR) is 124 cm³/mol. The van der Waals surface area contributed by atoms with E-state index in [-0.39, 0.29) is 23.0 Å². The fourth-order valence-electron chi connectivity index (χ4n) is 4.18. The summed E-state index contributed by atoms with van der Waals surface area (Å²) >= 11 is 0. The van der Waals surface area contributed by atoms with Crippen LogP contribution in [0.25, 0.3) is 10.9 Å². The second-order valence-electron chi connectivity index (χ2n) is 8.15. The number of fused-ring (bicyclic) bond motifs is 1. The van der Waals surface area contributed by atoms with Crippen LogP contribution in [0.5, 0.6) is 0 Å². The van der Waals surface area contributed by atoms with Gasteiger partial charge in [-0.3, -0.25) is 19.1 Å². The monoisotopic (exact) mass is 478 g/mol. The molecule has 0 aliphatic carbocycles. The van der Waals surface area contributed by atoms with Gasteiger partial charge < -0.3 is 9.80 Å². The molecule has 2 aromatic heterocycles. The van der Waals surface area contributed by atoms with Crippen molar-refractivity contribution in [2.24, 2.45) is 0 Å². The van der Waals surface area contributed by atoms with Crippen LogP contribution in [0.1, 0.15) is 15.9 Å². The number of carbonyl (C=O) groups excluding carboxylic acids is 1. The van der Waals surface area contributed by atoms with Crippen molar-refractivity contribution in [2.75, 3.05) is 31.1 Å². The second kappa shape index (κ2) is 9.09. The normalized spacial score (nSPS) is 13.9. The molecule has 3 heterocycles. The van der Waals surface area contributed by atoms with Crippen LogP contribution >= 0.6 is 0 Å². The number of aromatic nitrogens is 4. The number of nitrogens with one attached hydrogen (secondary N) is 1. The minimum atomic E-state index is -0.698. The van der Waals surface area contributed by atoms with Gasteiger partial charge in [0.2, 0.25) is 5.95 Å². The average Bonchev–Trinajstić information content (AvgIpc) is 2.88. The maximum absolute atomic E-state index is 14.6. The summed E-state index contributed by atoms with van der Waals surface area (Å²) in [6.45, 7) is 1.71. The molecule has 9 nitrogen and oxygen atoms in total. The van der Waals surface area contributed by atoms with E-state index in [1.807, 2.05) is 4.90 Å². The first-order chi connectivity index (χ1) is 16.9. The zero-order valence-corrected chi connectivity index (χ0v) is 18.4. The number of benzene rings is 2. The van der Waals surface area contributed by atoms with Gasteiger partial charge in [-0.1, -0.05) is 6.07 Å². The number of hydrogen-bond acceptors (Lipinski definition) is 6. The number of rotatable bonds is 4. The summed E-state index contributed by atoms with van der Waals surface area (Å²) in [6.07, 6.45) is 3.29. The zero-order valence-electron chi connectivity index (χ0n) is 18.4. The minimum Gasteiger partial charge on any atom is -0.337 e. The summed E-state index contributed by atoms with van der Waals surface area (Å²) in [5.74, 6) is -1.17. The topological polar surface area (TPSA) is 104 Å². The lowest BCUT2D eigenvalue weighted by atomic mass is 10.1. The van der Waals surface area contributed by atoms with Crippen molar-refractivity contribution in [1.29, 1.82) is 0 Å². The van der Waals surface area contributed by atoms with E-state index in [0.717, 1.165) is 12.1 Å². The van der Waals surface area contributed by atoms with Gasteiger partial charge in [-0.15, -0.1) is 0 Å². The van der Waals surface area contributed by atoms with Crippen molar-refractivity contribution >= 4 is 22.8 Å². The summed E-state index contributed by atoms with van der Waals surface area (Å²) in [4.78, 5) is 51.8. The molecule has 1 saturated heterocycles. The Kier molecular flexibility index (Phi) is 5.81. The van der Waals surface area contributed by atoms with Crippen LogP contribution in [0.15, 0.2) is 64.4 Å². The maximum Gasteiger partial charge on any atom is 0.329 e. The van der Waals surface area contributed by atoms with Crippen molar-refractivity contribution in [3.63, 3.8) is 0 Å². The van der Waals surface area contributed by atoms with Gasteiger partial charge in [-0.05, 0) is 42.0 Å². The maximum atomic E-state index is 14.6. The van der Waals surface area contributed by atoms with Crippen molar-refractivity contribution < 1.29 is 13.6 Å². The number of hydrogen-bond donors (Lipinski definition) is 1. The molecule has 0 bridgehead atoms. The van der Waals surface area contributed by atoms with Crippen LogP contribution in [-0.4, -0.2) is 56.5 Å². The van der Waals surface area contributed by atoms with Crippen LogP contribution in [-0.2, 0) is 6.54 Å². The third-order valence-electron chi connectivity index (χ3n) is 5.96. The largest absolute Gasteiger partial charge is 0.337 e. The smallest absolute Gasteiger partial charge is 0.329 e. The SMILES string of the molecule is O=C(c1cc(Cn2c(=O)[nH]c(=O)c3cc(F)ccc32)ccc1F)N1CCN(c2ncccn2)CC1. The molecule has 4 aromatic rings. The van der Waals surface area contributed by atoms with E-state index in [1.54, 1.807) is 23.4 Å². The Morgan fingerprint density at radius 2 is 1.71 bits per heavy atom. The Morgan fingerprint density at radius 1 is 0.971 bits per heavy atom. The van der Waals surface area contributed by atoms with Crippen molar-refractivity contribution in [3.8, 4) is 0 Å². The molecule has 0 spiro atoms. The summed E-state index contributed by atoms with van der Waals surface area (Å²) in [5.41, 5.74) is -0.788. The number of carbonyl (C=O) groups is 1. The quantitative estimate of drug-likeness (QED) is 0.480. The van der Waals surface area contributed by atoms with Crippen molar-refractivity contribution in [2.45, 2.75) is 6.54 Å². The van der Waals surface area contributed by atoms with Crippen LogP contribution in [0, 0.1) is 11.6 Å². The highest BCUT2D eigenvalue weighted by molar-refractivity contribution is 5.95. The number of piperazine rings is 1. The van der Waals surface area contributed by atoms with Gasteiger partial charge in [0.25, 0.3) is 11.5 Å². The first kappa shape index (κ1) is 22.4. The molecule has 0 atom stereocenters. The van der Waals surface area contributed by atoms with E-state index in [0.29, 0.717) is 37.7 Å². The molecule has 1 aliphatic heterocycles. The van der Waals surface area contributed by atoms with E-state index in [9.17, 15) is 23.2 Å².